The maximum atomic E-state index is 12.5. The van der Waals surface area contributed by atoms with Crippen LogP contribution in [0.3, 0.4) is 0 Å². The zero-order chi connectivity index (χ0) is 18.2. The van der Waals surface area contributed by atoms with Gasteiger partial charge in [0.05, 0.1) is 11.7 Å². The third-order valence-corrected chi connectivity index (χ3v) is 4.64. The van der Waals surface area contributed by atoms with Crippen LogP contribution < -0.4 is 14.8 Å². The van der Waals surface area contributed by atoms with Crippen LogP contribution in [0.5, 0.6) is 11.5 Å². The van der Waals surface area contributed by atoms with E-state index < -0.39 is 0 Å². The highest BCUT2D eigenvalue weighted by atomic mass is 32.1. The van der Waals surface area contributed by atoms with Crippen LogP contribution in [0.2, 0.25) is 0 Å². The monoisotopic (exact) mass is 380 g/mol. The molecule has 2 aromatic heterocycles. The molecule has 4 aromatic rings. The summed E-state index contributed by atoms with van der Waals surface area (Å²) in [5.41, 5.74) is 3.07. The zero-order valence-corrected chi connectivity index (χ0v) is 14.7. The average molecular weight is 380 g/mol. The molecule has 27 heavy (non-hydrogen) atoms. The van der Waals surface area contributed by atoms with E-state index in [0.717, 1.165) is 28.3 Å². The van der Waals surface area contributed by atoms with Gasteiger partial charge in [-0.3, -0.25) is 4.79 Å². The molecule has 0 radical (unpaired) electrons. The highest BCUT2D eigenvalue weighted by Crippen LogP contribution is 2.34. The van der Waals surface area contributed by atoms with Crippen LogP contribution >= 0.6 is 11.7 Å². The molecule has 0 aliphatic carbocycles. The number of fused-ring (bicyclic) bond motifs is 2. The molecule has 0 spiro atoms. The van der Waals surface area contributed by atoms with Gasteiger partial charge < -0.3 is 19.3 Å². The van der Waals surface area contributed by atoms with E-state index in [0.29, 0.717) is 36.2 Å². The minimum absolute atomic E-state index is 0.177. The molecule has 0 bridgehead atoms. The largest absolute Gasteiger partial charge is 0.486 e. The molecule has 0 saturated heterocycles. The van der Waals surface area contributed by atoms with Crippen LogP contribution in [0.25, 0.3) is 22.4 Å². The summed E-state index contributed by atoms with van der Waals surface area (Å²) < 4.78 is 24.7. The Balaban J connectivity index is 1.37. The molecule has 0 saturated carbocycles. The quantitative estimate of drug-likeness (QED) is 0.582. The van der Waals surface area contributed by atoms with Crippen molar-refractivity contribution in [2.24, 2.45) is 0 Å². The molecule has 9 heteroatoms. The third kappa shape index (κ3) is 2.97. The van der Waals surface area contributed by atoms with E-state index in [1.807, 2.05) is 12.1 Å². The lowest BCUT2D eigenvalue weighted by atomic mass is 10.1. The van der Waals surface area contributed by atoms with Gasteiger partial charge in [-0.1, -0.05) is 5.16 Å². The fourth-order valence-corrected chi connectivity index (χ4v) is 3.29. The molecule has 2 aromatic carbocycles. The molecule has 134 valence electrons. The maximum absolute atomic E-state index is 12.5. The number of hydrogen-bond acceptors (Lipinski definition) is 8. The van der Waals surface area contributed by atoms with Gasteiger partial charge in [-0.05, 0) is 36.4 Å². The topological polar surface area (TPSA) is 99.4 Å². The fraction of sp³-hybridized carbons (Fsp3) is 0.111. The van der Waals surface area contributed by atoms with Gasteiger partial charge in [-0.15, -0.1) is 0 Å². The second kappa shape index (κ2) is 6.36. The van der Waals surface area contributed by atoms with Crippen molar-refractivity contribution < 1.29 is 18.8 Å². The van der Waals surface area contributed by atoms with Gasteiger partial charge in [-0.25, -0.2) is 0 Å². The number of hydrogen-bond donors (Lipinski definition) is 1. The highest BCUT2D eigenvalue weighted by Gasteiger charge is 2.17. The normalized spacial score (nSPS) is 12.9. The summed E-state index contributed by atoms with van der Waals surface area (Å²) in [7, 11) is 0. The van der Waals surface area contributed by atoms with Crippen molar-refractivity contribution in [2.75, 3.05) is 18.5 Å². The molecule has 0 unspecified atom stereocenters. The summed E-state index contributed by atoms with van der Waals surface area (Å²) in [5.74, 6) is 1.43. The molecule has 3 heterocycles. The summed E-state index contributed by atoms with van der Waals surface area (Å²) in [6, 6.07) is 12.4. The van der Waals surface area contributed by atoms with Crippen molar-refractivity contribution in [1.29, 1.82) is 0 Å². The van der Waals surface area contributed by atoms with E-state index in [-0.39, 0.29) is 11.6 Å². The van der Waals surface area contributed by atoms with E-state index in [1.54, 1.807) is 30.3 Å². The van der Waals surface area contributed by atoms with E-state index in [2.05, 4.69) is 19.2 Å². The van der Waals surface area contributed by atoms with E-state index in [9.17, 15) is 4.79 Å². The van der Waals surface area contributed by atoms with Gasteiger partial charge in [0.2, 0.25) is 0 Å². The van der Waals surface area contributed by atoms with Crippen molar-refractivity contribution in [2.45, 2.75) is 0 Å². The Morgan fingerprint density at radius 2 is 1.81 bits per heavy atom. The van der Waals surface area contributed by atoms with Gasteiger partial charge >= 0.3 is 0 Å². The molecular formula is C18H12N4O4S. The first-order valence-electron chi connectivity index (χ1n) is 8.17. The Kier molecular flexibility index (Phi) is 3.72. The molecule has 1 aliphatic rings. The van der Waals surface area contributed by atoms with Crippen LogP contribution in [0.1, 0.15) is 10.5 Å². The van der Waals surface area contributed by atoms with Gasteiger partial charge in [-0.2, -0.15) is 8.75 Å². The highest BCUT2D eigenvalue weighted by molar-refractivity contribution is 7.00. The number of nitrogens with zero attached hydrogens (tertiary/aromatic N) is 3. The van der Waals surface area contributed by atoms with Crippen molar-refractivity contribution in [3.63, 3.8) is 0 Å². The van der Waals surface area contributed by atoms with Crippen LogP contribution in [0.15, 0.2) is 47.0 Å². The Labute approximate surface area is 157 Å². The van der Waals surface area contributed by atoms with Crippen molar-refractivity contribution >= 4 is 34.4 Å². The molecular weight excluding hydrogens is 368 g/mol. The van der Waals surface area contributed by atoms with Crippen molar-refractivity contribution in [3.8, 4) is 22.8 Å². The standard InChI is InChI=1S/C18H12N4O4S/c23-18(19-11-2-3-12-13(8-11)22-27-21-12)14-9-16(26-20-14)10-1-4-15-17(7-10)25-6-5-24-15/h1-4,7-9H,5-6H2,(H,19,23). The van der Waals surface area contributed by atoms with Gasteiger partial charge in [0.25, 0.3) is 5.91 Å². The number of amides is 1. The first-order chi connectivity index (χ1) is 13.3. The lowest BCUT2D eigenvalue weighted by Gasteiger charge is -2.18. The van der Waals surface area contributed by atoms with Crippen LogP contribution in [-0.4, -0.2) is 33.0 Å². The van der Waals surface area contributed by atoms with Crippen LogP contribution in [0.4, 0.5) is 5.69 Å². The number of aromatic nitrogens is 3. The molecule has 1 amide bonds. The Morgan fingerprint density at radius 3 is 2.74 bits per heavy atom. The SMILES string of the molecule is O=C(Nc1ccc2nsnc2c1)c1cc(-c2ccc3c(c2)OCCO3)on1. The van der Waals surface area contributed by atoms with E-state index in [1.165, 1.54) is 0 Å². The zero-order valence-electron chi connectivity index (χ0n) is 13.8. The Morgan fingerprint density at radius 1 is 0.963 bits per heavy atom. The second-order valence-corrected chi connectivity index (χ2v) is 6.39. The van der Waals surface area contributed by atoms with E-state index >= 15 is 0 Å². The molecule has 8 nitrogen and oxygen atoms in total. The summed E-state index contributed by atoms with van der Waals surface area (Å²) in [6.45, 7) is 1.03. The fourth-order valence-electron chi connectivity index (χ4n) is 2.77. The minimum atomic E-state index is -0.370. The van der Waals surface area contributed by atoms with Crippen molar-refractivity contribution in [1.82, 2.24) is 13.9 Å². The number of rotatable bonds is 3. The molecule has 1 N–H and O–H groups in total. The molecule has 5 rings (SSSR count). The molecule has 1 aliphatic heterocycles. The van der Waals surface area contributed by atoms with E-state index in [4.69, 9.17) is 14.0 Å². The van der Waals surface area contributed by atoms with Crippen LogP contribution in [-0.2, 0) is 0 Å². The lowest BCUT2D eigenvalue weighted by molar-refractivity contribution is 0.101. The second-order valence-electron chi connectivity index (χ2n) is 5.86. The molecule has 0 fully saturated rings. The number of benzene rings is 2. The van der Waals surface area contributed by atoms with Gasteiger partial charge in [0, 0.05) is 17.3 Å². The van der Waals surface area contributed by atoms with Crippen LogP contribution in [0, 0.1) is 0 Å². The number of anilines is 1. The number of ether oxygens (including phenoxy) is 2. The summed E-state index contributed by atoms with van der Waals surface area (Å²) in [4.78, 5) is 12.5. The summed E-state index contributed by atoms with van der Waals surface area (Å²) in [5, 5.41) is 6.65. The Bertz CT molecular complexity index is 1150. The number of carbonyl (C=O) groups excluding carboxylic acids is 1. The first-order valence-corrected chi connectivity index (χ1v) is 8.90. The number of carbonyl (C=O) groups is 1. The van der Waals surface area contributed by atoms with Crippen molar-refractivity contribution in [3.05, 3.63) is 48.2 Å². The third-order valence-electron chi connectivity index (χ3n) is 4.08. The molecule has 0 atom stereocenters. The van der Waals surface area contributed by atoms with Gasteiger partial charge in [0.15, 0.2) is 23.0 Å². The Hall–Kier alpha value is -3.46. The number of nitrogens with one attached hydrogen (secondary N) is 1. The van der Waals surface area contributed by atoms with Gasteiger partial charge in [0.1, 0.15) is 24.2 Å². The predicted octanol–water partition coefficient (Wildman–Crippen LogP) is 3.37. The summed E-state index contributed by atoms with van der Waals surface area (Å²) in [6.07, 6.45) is 0. The average Bonchev–Trinajstić information content (AvgIpc) is 3.37. The summed E-state index contributed by atoms with van der Waals surface area (Å²) >= 11 is 1.13. The first kappa shape index (κ1) is 15.8. The minimum Gasteiger partial charge on any atom is -0.486 e. The smallest absolute Gasteiger partial charge is 0.277 e. The predicted molar refractivity (Wildman–Crippen MR) is 98.3 cm³/mol. The lowest BCUT2D eigenvalue weighted by Crippen LogP contribution is -2.15. The maximum Gasteiger partial charge on any atom is 0.277 e.